The highest BCUT2D eigenvalue weighted by Gasteiger charge is 2.29. The van der Waals surface area contributed by atoms with E-state index in [4.69, 9.17) is 4.74 Å². The predicted molar refractivity (Wildman–Crippen MR) is 111 cm³/mol. The molecule has 0 radical (unpaired) electrons. The maximum absolute atomic E-state index is 12.7. The molecule has 7 nitrogen and oxygen atoms in total. The Bertz CT molecular complexity index is 841. The number of rotatable bonds is 6. The van der Waals surface area contributed by atoms with Crippen molar-refractivity contribution in [2.75, 3.05) is 26.2 Å². The number of amides is 1. The van der Waals surface area contributed by atoms with Gasteiger partial charge in [0, 0.05) is 32.1 Å². The number of carbonyl (C=O) groups is 1. The molecule has 2 aliphatic heterocycles. The number of hydrogen-bond acceptors (Lipinski definition) is 5. The average Bonchev–Trinajstić information content (AvgIpc) is 3.21. The highest BCUT2D eigenvalue weighted by atomic mass is 16.5. The molecular weight excluding hydrogens is 366 g/mol. The molecule has 156 valence electrons. The number of ether oxygens (including phenoxy) is 1. The van der Waals surface area contributed by atoms with Gasteiger partial charge in [0.25, 0.3) is 5.91 Å². The Morgan fingerprint density at radius 1 is 1.24 bits per heavy atom. The molecule has 29 heavy (non-hydrogen) atoms. The lowest BCUT2D eigenvalue weighted by atomic mass is 9.95. The highest BCUT2D eigenvalue weighted by Crippen LogP contribution is 2.30. The lowest BCUT2D eigenvalue weighted by Crippen LogP contribution is -2.41. The molecule has 2 aliphatic rings. The quantitative estimate of drug-likeness (QED) is 0.811. The fourth-order valence-electron chi connectivity index (χ4n) is 4.27. The molecule has 0 bridgehead atoms. The molecule has 1 saturated heterocycles. The number of benzene rings is 1. The van der Waals surface area contributed by atoms with Gasteiger partial charge >= 0.3 is 0 Å². The summed E-state index contributed by atoms with van der Waals surface area (Å²) in [5, 5.41) is 12.1. The van der Waals surface area contributed by atoms with Gasteiger partial charge in [-0.15, -0.1) is 10.2 Å². The van der Waals surface area contributed by atoms with Crippen molar-refractivity contribution in [1.82, 2.24) is 25.0 Å². The summed E-state index contributed by atoms with van der Waals surface area (Å²) in [6.07, 6.45) is 2.91. The predicted octanol–water partition coefficient (Wildman–Crippen LogP) is 2.68. The lowest BCUT2D eigenvalue weighted by molar-refractivity contribution is -0.134. The summed E-state index contributed by atoms with van der Waals surface area (Å²) in [6, 6.07) is 8.05. The number of nitrogens with zero attached hydrogens (tertiary/aromatic N) is 4. The van der Waals surface area contributed by atoms with E-state index < -0.39 is 0 Å². The van der Waals surface area contributed by atoms with E-state index in [0.717, 1.165) is 69.4 Å². The van der Waals surface area contributed by atoms with Crippen molar-refractivity contribution in [3.8, 4) is 5.75 Å². The van der Waals surface area contributed by atoms with Crippen LogP contribution in [0.3, 0.4) is 0 Å². The third-order valence-electron chi connectivity index (χ3n) is 6.28. The maximum Gasteiger partial charge on any atom is 0.260 e. The van der Waals surface area contributed by atoms with Crippen LogP contribution in [-0.4, -0.2) is 51.8 Å². The second-order valence-electron chi connectivity index (χ2n) is 8.09. The third kappa shape index (κ3) is 4.29. The zero-order valence-electron chi connectivity index (χ0n) is 17.4. The smallest absolute Gasteiger partial charge is 0.260 e. The van der Waals surface area contributed by atoms with Crippen LogP contribution < -0.4 is 10.1 Å². The molecule has 7 heteroatoms. The van der Waals surface area contributed by atoms with Crippen LogP contribution in [-0.2, 0) is 17.9 Å². The van der Waals surface area contributed by atoms with Gasteiger partial charge in [-0.2, -0.15) is 0 Å². The average molecular weight is 398 g/mol. The topological polar surface area (TPSA) is 72.3 Å². The van der Waals surface area contributed by atoms with Crippen molar-refractivity contribution >= 4 is 5.91 Å². The Hall–Kier alpha value is -2.41. The van der Waals surface area contributed by atoms with Crippen molar-refractivity contribution in [1.29, 1.82) is 0 Å². The van der Waals surface area contributed by atoms with Gasteiger partial charge in [-0.25, -0.2) is 0 Å². The zero-order chi connectivity index (χ0) is 20.2. The number of para-hydroxylation sites is 1. The molecule has 0 saturated carbocycles. The summed E-state index contributed by atoms with van der Waals surface area (Å²) in [5.41, 5.74) is 1.17. The van der Waals surface area contributed by atoms with E-state index in [9.17, 15) is 4.79 Å². The van der Waals surface area contributed by atoms with Gasteiger partial charge in [0.1, 0.15) is 17.4 Å². The van der Waals surface area contributed by atoms with Crippen LogP contribution in [0.5, 0.6) is 5.75 Å². The molecule has 1 fully saturated rings. The first-order valence-corrected chi connectivity index (χ1v) is 10.8. The number of likely N-dealkylation sites (tertiary alicyclic amines) is 1. The number of aromatic nitrogens is 3. The molecule has 0 aliphatic carbocycles. The van der Waals surface area contributed by atoms with E-state index in [1.54, 1.807) is 0 Å². The van der Waals surface area contributed by atoms with E-state index in [-0.39, 0.29) is 12.5 Å². The van der Waals surface area contributed by atoms with Crippen LogP contribution in [0.4, 0.5) is 0 Å². The van der Waals surface area contributed by atoms with Gasteiger partial charge in [0.2, 0.25) is 0 Å². The van der Waals surface area contributed by atoms with Gasteiger partial charge in [-0.3, -0.25) is 4.79 Å². The van der Waals surface area contributed by atoms with Crippen LogP contribution in [0, 0.1) is 0 Å². The minimum atomic E-state index is 0.0647. The van der Waals surface area contributed by atoms with Crippen LogP contribution in [0.2, 0.25) is 0 Å². The van der Waals surface area contributed by atoms with E-state index in [1.165, 1.54) is 5.56 Å². The fraction of sp³-hybridized carbons (Fsp3) is 0.591. The van der Waals surface area contributed by atoms with Crippen molar-refractivity contribution in [3.05, 3.63) is 41.5 Å². The van der Waals surface area contributed by atoms with Crippen molar-refractivity contribution < 1.29 is 9.53 Å². The monoisotopic (exact) mass is 397 g/mol. The number of nitrogens with one attached hydrogen (secondary N) is 1. The van der Waals surface area contributed by atoms with Crippen LogP contribution >= 0.6 is 0 Å². The largest absolute Gasteiger partial charge is 0.483 e. The Balaban J connectivity index is 1.31. The first-order valence-electron chi connectivity index (χ1n) is 10.8. The summed E-state index contributed by atoms with van der Waals surface area (Å²) in [7, 11) is 0. The van der Waals surface area contributed by atoms with E-state index in [1.807, 2.05) is 23.1 Å². The molecule has 3 heterocycles. The number of carbonyl (C=O) groups excluding carboxylic acids is 1. The summed E-state index contributed by atoms with van der Waals surface area (Å²) >= 11 is 0. The molecule has 1 aromatic carbocycles. The first-order chi connectivity index (χ1) is 14.2. The Labute approximate surface area is 172 Å². The van der Waals surface area contributed by atoms with Gasteiger partial charge < -0.3 is 19.5 Å². The Kier molecular flexibility index (Phi) is 6.13. The number of piperidine rings is 1. The first kappa shape index (κ1) is 19.9. The number of fused-ring (bicyclic) bond motifs is 1. The molecule has 1 aromatic heterocycles. The minimum absolute atomic E-state index is 0.0647. The second kappa shape index (κ2) is 8.95. The van der Waals surface area contributed by atoms with Crippen LogP contribution in [0.25, 0.3) is 0 Å². The van der Waals surface area contributed by atoms with Crippen molar-refractivity contribution in [2.24, 2.45) is 0 Å². The molecule has 1 unspecified atom stereocenters. The number of hydrogen-bond donors (Lipinski definition) is 1. The summed E-state index contributed by atoms with van der Waals surface area (Å²) < 4.78 is 8.18. The van der Waals surface area contributed by atoms with E-state index in [0.29, 0.717) is 11.8 Å². The Morgan fingerprint density at radius 2 is 2.03 bits per heavy atom. The molecular formula is C22H31N5O2. The Morgan fingerprint density at radius 3 is 2.83 bits per heavy atom. The maximum atomic E-state index is 12.7. The van der Waals surface area contributed by atoms with Gasteiger partial charge in [-0.05, 0) is 36.8 Å². The SMILES string of the molecule is CCC(C)c1ccccc1OCC(=O)N1CCC(c2nnc3n2CCNC3)CC1. The van der Waals surface area contributed by atoms with Crippen LogP contribution in [0.1, 0.15) is 62.2 Å². The van der Waals surface area contributed by atoms with E-state index >= 15 is 0 Å². The minimum Gasteiger partial charge on any atom is -0.483 e. The molecule has 2 aromatic rings. The molecule has 1 N–H and O–H groups in total. The third-order valence-corrected chi connectivity index (χ3v) is 6.28. The molecule has 4 rings (SSSR count). The van der Waals surface area contributed by atoms with Crippen molar-refractivity contribution in [3.63, 3.8) is 0 Å². The van der Waals surface area contributed by atoms with Gasteiger partial charge in [0.15, 0.2) is 6.61 Å². The van der Waals surface area contributed by atoms with Gasteiger partial charge in [-0.1, -0.05) is 32.0 Å². The van der Waals surface area contributed by atoms with Crippen molar-refractivity contribution in [2.45, 2.75) is 58.0 Å². The standard InChI is InChI=1S/C22H31N5O2/c1-3-16(2)18-6-4-5-7-19(18)29-15-21(28)26-11-8-17(9-12-26)22-25-24-20-14-23-10-13-27(20)22/h4-7,16-17,23H,3,8-15H2,1-2H3. The normalized spacial score (nSPS) is 18.3. The fourth-order valence-corrected chi connectivity index (χ4v) is 4.27. The second-order valence-corrected chi connectivity index (χ2v) is 8.09. The van der Waals surface area contributed by atoms with Crippen LogP contribution in [0.15, 0.2) is 24.3 Å². The molecule has 1 amide bonds. The van der Waals surface area contributed by atoms with Gasteiger partial charge in [0.05, 0.1) is 6.54 Å². The summed E-state index contributed by atoms with van der Waals surface area (Å²) in [5.74, 6) is 3.81. The van der Waals surface area contributed by atoms with E-state index in [2.05, 4.69) is 40.0 Å². The highest BCUT2D eigenvalue weighted by molar-refractivity contribution is 5.78. The summed E-state index contributed by atoms with van der Waals surface area (Å²) in [4.78, 5) is 14.6. The summed E-state index contributed by atoms with van der Waals surface area (Å²) in [6.45, 7) is 8.64. The molecule has 1 atom stereocenters. The zero-order valence-corrected chi connectivity index (χ0v) is 17.4. The lowest BCUT2D eigenvalue weighted by Gasteiger charge is -2.32. The molecule has 0 spiro atoms.